The Morgan fingerprint density at radius 2 is 2.13 bits per heavy atom. The molecule has 3 N–H and O–H groups in total. The third kappa shape index (κ3) is 3.25. The summed E-state index contributed by atoms with van der Waals surface area (Å²) in [6, 6.07) is 7.12. The number of carbonyl (C=O) groups is 1. The van der Waals surface area contributed by atoms with Crippen molar-refractivity contribution in [3.63, 3.8) is 0 Å². The van der Waals surface area contributed by atoms with Crippen molar-refractivity contribution in [1.82, 2.24) is 0 Å². The Labute approximate surface area is 90.1 Å². The number of hydrogen-bond acceptors (Lipinski definition) is 3. The lowest BCUT2D eigenvalue weighted by Crippen LogP contribution is -2.32. The number of nitrogens with one attached hydrogen (secondary N) is 1. The Morgan fingerprint density at radius 1 is 1.47 bits per heavy atom. The van der Waals surface area contributed by atoms with Crippen LogP contribution >= 0.6 is 0 Å². The normalized spacial score (nSPS) is 12.0. The van der Waals surface area contributed by atoms with Crippen LogP contribution in [0.15, 0.2) is 24.3 Å². The lowest BCUT2D eigenvalue weighted by Gasteiger charge is -2.14. The van der Waals surface area contributed by atoms with E-state index in [0.717, 1.165) is 11.4 Å². The minimum Gasteiger partial charge on any atom is -0.378 e. The van der Waals surface area contributed by atoms with Crippen molar-refractivity contribution in [1.29, 1.82) is 0 Å². The predicted octanol–water partition coefficient (Wildman–Crippen LogP) is 1.04. The average molecular weight is 207 g/mol. The van der Waals surface area contributed by atoms with E-state index in [2.05, 4.69) is 5.32 Å². The molecule has 0 fully saturated rings. The van der Waals surface area contributed by atoms with E-state index in [1.54, 1.807) is 6.92 Å². The maximum absolute atomic E-state index is 11.3. The zero-order valence-electron chi connectivity index (χ0n) is 9.32. The quantitative estimate of drug-likeness (QED) is 0.778. The van der Waals surface area contributed by atoms with Gasteiger partial charge in [-0.25, -0.2) is 0 Å². The highest BCUT2D eigenvalue weighted by atomic mass is 16.2. The van der Waals surface area contributed by atoms with Gasteiger partial charge in [0, 0.05) is 25.5 Å². The molecule has 0 heterocycles. The molecule has 0 aliphatic carbocycles. The highest BCUT2D eigenvalue weighted by Gasteiger charge is 2.07. The smallest absolute Gasteiger partial charge is 0.240 e. The third-order valence-electron chi connectivity index (χ3n) is 2.04. The highest BCUT2D eigenvalue weighted by Crippen LogP contribution is 2.17. The standard InChI is InChI=1S/C11H17N3O/c1-8(12)11(15)13-9-5-4-6-10(7-9)14(2)3/h4-8H,12H2,1-3H3,(H,13,15)/t8-/m0/s1. The van der Waals surface area contributed by atoms with Crippen molar-refractivity contribution in [3.05, 3.63) is 24.3 Å². The van der Waals surface area contributed by atoms with Crippen LogP contribution in [-0.2, 0) is 4.79 Å². The first-order valence-electron chi connectivity index (χ1n) is 4.84. The van der Waals surface area contributed by atoms with E-state index in [0.29, 0.717) is 0 Å². The first-order valence-corrected chi connectivity index (χ1v) is 4.84. The van der Waals surface area contributed by atoms with E-state index >= 15 is 0 Å². The van der Waals surface area contributed by atoms with E-state index in [-0.39, 0.29) is 5.91 Å². The molecule has 15 heavy (non-hydrogen) atoms. The molecule has 0 saturated heterocycles. The second kappa shape index (κ2) is 4.79. The summed E-state index contributed by atoms with van der Waals surface area (Å²) in [6.07, 6.45) is 0. The SMILES string of the molecule is C[C@H](N)C(=O)Nc1cccc(N(C)C)c1. The van der Waals surface area contributed by atoms with E-state index in [9.17, 15) is 4.79 Å². The number of carbonyl (C=O) groups excluding carboxylic acids is 1. The van der Waals surface area contributed by atoms with E-state index in [4.69, 9.17) is 5.73 Å². The van der Waals surface area contributed by atoms with Crippen LogP contribution in [0.5, 0.6) is 0 Å². The van der Waals surface area contributed by atoms with Crippen LogP contribution in [0.3, 0.4) is 0 Å². The summed E-state index contributed by atoms with van der Waals surface area (Å²) in [5, 5.41) is 2.75. The molecule has 1 amide bonds. The molecule has 4 nitrogen and oxygen atoms in total. The molecule has 4 heteroatoms. The van der Waals surface area contributed by atoms with Gasteiger partial charge in [-0.05, 0) is 25.1 Å². The molecule has 0 saturated carbocycles. The number of nitrogens with two attached hydrogens (primary N) is 1. The van der Waals surface area contributed by atoms with Gasteiger partial charge in [-0.3, -0.25) is 4.79 Å². The summed E-state index contributed by atoms with van der Waals surface area (Å²) in [7, 11) is 3.90. The van der Waals surface area contributed by atoms with E-state index < -0.39 is 6.04 Å². The minimum absolute atomic E-state index is 0.175. The van der Waals surface area contributed by atoms with Crippen LogP contribution in [0.25, 0.3) is 0 Å². The van der Waals surface area contributed by atoms with Gasteiger partial charge in [-0.15, -0.1) is 0 Å². The zero-order valence-corrected chi connectivity index (χ0v) is 9.32. The van der Waals surface area contributed by atoms with Gasteiger partial charge >= 0.3 is 0 Å². The Kier molecular flexibility index (Phi) is 3.68. The van der Waals surface area contributed by atoms with Crippen molar-refractivity contribution < 1.29 is 4.79 Å². The van der Waals surface area contributed by atoms with Gasteiger partial charge < -0.3 is 16.0 Å². The molecule has 82 valence electrons. The fourth-order valence-corrected chi connectivity index (χ4v) is 1.12. The predicted molar refractivity (Wildman–Crippen MR) is 63.0 cm³/mol. The maximum Gasteiger partial charge on any atom is 0.240 e. The summed E-state index contributed by atoms with van der Waals surface area (Å²) in [6.45, 7) is 1.66. The Morgan fingerprint density at radius 3 is 2.67 bits per heavy atom. The number of rotatable bonds is 3. The van der Waals surface area contributed by atoms with Crippen molar-refractivity contribution in [2.45, 2.75) is 13.0 Å². The van der Waals surface area contributed by atoms with Crippen molar-refractivity contribution in [2.75, 3.05) is 24.3 Å². The monoisotopic (exact) mass is 207 g/mol. The fourth-order valence-electron chi connectivity index (χ4n) is 1.12. The summed E-state index contributed by atoms with van der Waals surface area (Å²) >= 11 is 0. The average Bonchev–Trinajstić information content (AvgIpc) is 2.18. The van der Waals surface area contributed by atoms with Crippen LogP contribution in [0.4, 0.5) is 11.4 Å². The number of nitrogens with zero attached hydrogens (tertiary/aromatic N) is 1. The summed E-state index contributed by atoms with van der Waals surface area (Å²) < 4.78 is 0. The van der Waals surface area contributed by atoms with Crippen molar-refractivity contribution in [2.24, 2.45) is 5.73 Å². The lowest BCUT2D eigenvalue weighted by atomic mass is 10.2. The van der Waals surface area contributed by atoms with Crippen LogP contribution in [0, 0.1) is 0 Å². The van der Waals surface area contributed by atoms with Gasteiger partial charge in [0.1, 0.15) is 0 Å². The summed E-state index contributed by atoms with van der Waals surface area (Å²) in [4.78, 5) is 13.3. The first kappa shape index (κ1) is 11.5. The Bertz CT molecular complexity index is 347. The van der Waals surface area contributed by atoms with Gasteiger partial charge in [0.2, 0.25) is 5.91 Å². The third-order valence-corrected chi connectivity index (χ3v) is 2.04. The molecule has 1 aromatic rings. The van der Waals surface area contributed by atoms with E-state index in [1.165, 1.54) is 0 Å². The van der Waals surface area contributed by atoms with Gasteiger partial charge in [-0.1, -0.05) is 6.07 Å². The summed E-state index contributed by atoms with van der Waals surface area (Å²) in [5.74, 6) is -0.175. The largest absolute Gasteiger partial charge is 0.378 e. The molecular weight excluding hydrogens is 190 g/mol. The molecule has 0 bridgehead atoms. The second-order valence-electron chi connectivity index (χ2n) is 3.72. The molecule has 0 aromatic heterocycles. The van der Waals surface area contributed by atoms with Gasteiger partial charge in [-0.2, -0.15) is 0 Å². The topological polar surface area (TPSA) is 58.4 Å². The van der Waals surface area contributed by atoms with Crippen molar-refractivity contribution >= 4 is 17.3 Å². The van der Waals surface area contributed by atoms with Crippen LogP contribution in [0.1, 0.15) is 6.92 Å². The van der Waals surface area contributed by atoms with Crippen LogP contribution < -0.4 is 16.0 Å². The first-order chi connectivity index (χ1) is 7.00. The van der Waals surface area contributed by atoms with Crippen LogP contribution in [0.2, 0.25) is 0 Å². The van der Waals surface area contributed by atoms with Crippen molar-refractivity contribution in [3.8, 4) is 0 Å². The lowest BCUT2D eigenvalue weighted by molar-refractivity contribution is -0.117. The van der Waals surface area contributed by atoms with E-state index in [1.807, 2.05) is 43.3 Å². The molecule has 0 aliphatic rings. The summed E-state index contributed by atoms with van der Waals surface area (Å²) in [5.41, 5.74) is 7.27. The molecule has 1 rings (SSSR count). The van der Waals surface area contributed by atoms with Crippen LogP contribution in [-0.4, -0.2) is 26.0 Å². The molecule has 0 unspecified atom stereocenters. The van der Waals surface area contributed by atoms with Gasteiger partial charge in [0.05, 0.1) is 6.04 Å². The number of anilines is 2. The number of hydrogen-bond donors (Lipinski definition) is 2. The Hall–Kier alpha value is -1.55. The second-order valence-corrected chi connectivity index (χ2v) is 3.72. The van der Waals surface area contributed by atoms with Gasteiger partial charge in [0.25, 0.3) is 0 Å². The zero-order chi connectivity index (χ0) is 11.4. The van der Waals surface area contributed by atoms with Gasteiger partial charge in [0.15, 0.2) is 0 Å². The molecule has 0 aliphatic heterocycles. The maximum atomic E-state index is 11.3. The molecule has 0 radical (unpaired) electrons. The molecule has 1 atom stereocenters. The Balaban J connectivity index is 2.78. The highest BCUT2D eigenvalue weighted by molar-refractivity contribution is 5.94. The molecular formula is C11H17N3O. The molecule has 0 spiro atoms. The minimum atomic E-state index is -0.493. The number of benzene rings is 1. The molecule has 1 aromatic carbocycles. The number of amides is 1. The fraction of sp³-hybridized carbons (Fsp3) is 0.364.